The minimum absolute atomic E-state index is 0.0560. The summed E-state index contributed by atoms with van der Waals surface area (Å²) in [6.45, 7) is 4.01. The third-order valence-electron chi connectivity index (χ3n) is 2.84. The van der Waals surface area contributed by atoms with Crippen molar-refractivity contribution >= 4 is 46.7 Å². The first-order valence-corrected chi connectivity index (χ1v) is 6.76. The topological polar surface area (TPSA) is 52.6 Å². The van der Waals surface area contributed by atoms with E-state index in [0.29, 0.717) is 0 Å². The number of rotatable bonds is 3. The molecule has 0 aromatic heterocycles. The highest BCUT2D eigenvalue weighted by molar-refractivity contribution is 6.68. The summed E-state index contributed by atoms with van der Waals surface area (Å²) in [6.07, 6.45) is -1.35. The molecule has 3 atom stereocenters. The van der Waals surface area contributed by atoms with Gasteiger partial charge in [0.05, 0.1) is 12.5 Å². The molecule has 0 aromatic rings. The lowest BCUT2D eigenvalue weighted by Gasteiger charge is -2.32. The molecule has 1 saturated heterocycles. The Hall–Kier alpha value is -0.260. The first-order chi connectivity index (χ1) is 8.50. The molecule has 0 N–H and O–H groups in total. The van der Waals surface area contributed by atoms with Crippen molar-refractivity contribution in [2.45, 2.75) is 36.3 Å². The highest BCUT2D eigenvalue weighted by atomic mass is 35.6. The van der Waals surface area contributed by atoms with Gasteiger partial charge in [0, 0.05) is 0 Å². The summed E-state index contributed by atoms with van der Waals surface area (Å²) in [4.78, 5) is 23.5. The number of carbonyl (C=O) groups is 2. The van der Waals surface area contributed by atoms with Crippen LogP contribution in [0, 0.1) is 11.8 Å². The summed E-state index contributed by atoms with van der Waals surface area (Å²) >= 11 is 17.1. The smallest absolute Gasteiger partial charge is 0.321 e. The van der Waals surface area contributed by atoms with Gasteiger partial charge in [-0.1, -0.05) is 34.8 Å². The number of ether oxygens (including phenoxy) is 2. The first kappa shape index (κ1) is 16.8. The van der Waals surface area contributed by atoms with E-state index < -0.39 is 39.3 Å². The van der Waals surface area contributed by atoms with Crippen LogP contribution in [0.25, 0.3) is 0 Å². The minimum Gasteiger partial charge on any atom is -0.465 e. The van der Waals surface area contributed by atoms with E-state index in [2.05, 4.69) is 0 Å². The Bertz CT molecular complexity index is 375. The van der Waals surface area contributed by atoms with Crippen molar-refractivity contribution in [1.82, 2.24) is 0 Å². The van der Waals surface area contributed by atoms with Gasteiger partial charge in [-0.25, -0.2) is 4.39 Å². The van der Waals surface area contributed by atoms with E-state index in [0.717, 1.165) is 0 Å². The van der Waals surface area contributed by atoms with Gasteiger partial charge in [-0.3, -0.25) is 9.59 Å². The summed E-state index contributed by atoms with van der Waals surface area (Å²) in [7, 11) is 0. The van der Waals surface area contributed by atoms with Crippen LogP contribution in [-0.4, -0.2) is 34.1 Å². The molecular formula is C11H14Cl3FO4. The molecule has 4 nitrogen and oxygen atoms in total. The van der Waals surface area contributed by atoms with Crippen LogP contribution in [0.15, 0.2) is 0 Å². The first-order valence-electron chi connectivity index (χ1n) is 5.63. The Kier molecular flexibility index (Phi) is 4.97. The van der Waals surface area contributed by atoms with Crippen LogP contribution in [0.1, 0.15) is 20.8 Å². The lowest BCUT2D eigenvalue weighted by Crippen LogP contribution is -2.45. The van der Waals surface area contributed by atoms with Crippen LogP contribution in [0.4, 0.5) is 4.39 Å². The Morgan fingerprint density at radius 1 is 1.42 bits per heavy atom. The third-order valence-corrected chi connectivity index (χ3v) is 3.48. The van der Waals surface area contributed by atoms with Crippen molar-refractivity contribution in [3.63, 3.8) is 0 Å². The van der Waals surface area contributed by atoms with Crippen LogP contribution in [-0.2, 0) is 19.1 Å². The number of esters is 2. The van der Waals surface area contributed by atoms with Gasteiger partial charge in [0.25, 0.3) is 0 Å². The lowest BCUT2D eigenvalue weighted by molar-refractivity contribution is -0.157. The number of carbonyl (C=O) groups excluding carboxylic acids is 2. The molecule has 0 radical (unpaired) electrons. The second-order valence-corrected chi connectivity index (χ2v) is 7.09. The fraction of sp³-hybridized carbons (Fsp3) is 0.818. The van der Waals surface area contributed by atoms with E-state index in [9.17, 15) is 14.0 Å². The zero-order valence-corrected chi connectivity index (χ0v) is 12.9. The van der Waals surface area contributed by atoms with Gasteiger partial charge in [0.2, 0.25) is 3.79 Å². The Labute approximate surface area is 125 Å². The van der Waals surface area contributed by atoms with E-state index >= 15 is 0 Å². The monoisotopic (exact) mass is 334 g/mol. The summed E-state index contributed by atoms with van der Waals surface area (Å²) < 4.78 is 21.9. The average molecular weight is 336 g/mol. The average Bonchev–Trinajstić information content (AvgIpc) is 2.55. The van der Waals surface area contributed by atoms with Gasteiger partial charge < -0.3 is 9.47 Å². The van der Waals surface area contributed by atoms with Crippen molar-refractivity contribution in [1.29, 1.82) is 0 Å². The van der Waals surface area contributed by atoms with Gasteiger partial charge in [0.1, 0.15) is 5.67 Å². The number of hydrogen-bond donors (Lipinski definition) is 0. The molecule has 1 heterocycles. The molecule has 1 aliphatic rings. The van der Waals surface area contributed by atoms with Crippen LogP contribution in [0.2, 0.25) is 0 Å². The van der Waals surface area contributed by atoms with Crippen molar-refractivity contribution < 1.29 is 23.5 Å². The highest BCUT2D eigenvalue weighted by Gasteiger charge is 2.61. The molecule has 0 aromatic carbocycles. The van der Waals surface area contributed by atoms with E-state index in [-0.39, 0.29) is 6.61 Å². The predicted octanol–water partition coefficient (Wildman–Crippen LogP) is 2.83. The predicted molar refractivity (Wildman–Crippen MR) is 69.0 cm³/mol. The molecule has 1 rings (SSSR count). The molecule has 0 saturated carbocycles. The van der Waals surface area contributed by atoms with E-state index in [1.54, 1.807) is 6.92 Å². The van der Waals surface area contributed by atoms with Crippen LogP contribution in [0.5, 0.6) is 0 Å². The molecule has 1 aliphatic heterocycles. The highest BCUT2D eigenvalue weighted by Crippen LogP contribution is 2.48. The molecule has 110 valence electrons. The Balaban J connectivity index is 3.16. The van der Waals surface area contributed by atoms with Gasteiger partial charge in [0.15, 0.2) is 12.0 Å². The quantitative estimate of drug-likeness (QED) is 0.452. The maximum Gasteiger partial charge on any atom is 0.321 e. The summed E-state index contributed by atoms with van der Waals surface area (Å²) in [5.74, 6) is -4.47. The number of halogens is 4. The molecular weight excluding hydrogens is 321 g/mol. The van der Waals surface area contributed by atoms with Crippen molar-refractivity contribution in [2.75, 3.05) is 6.61 Å². The van der Waals surface area contributed by atoms with Gasteiger partial charge in [-0.2, -0.15) is 0 Å². The fourth-order valence-electron chi connectivity index (χ4n) is 2.09. The summed E-state index contributed by atoms with van der Waals surface area (Å²) in [5, 5.41) is 0. The Morgan fingerprint density at radius 3 is 2.32 bits per heavy atom. The SMILES string of the molecule is CCOC(=O)[C@H]1C(=O)O[C@@H](C(Cl)(Cl)Cl)[C@@H]1C(C)(C)F. The molecule has 0 amide bonds. The van der Waals surface area contributed by atoms with Crippen LogP contribution >= 0.6 is 34.8 Å². The van der Waals surface area contributed by atoms with E-state index in [1.165, 1.54) is 13.8 Å². The second kappa shape index (κ2) is 5.62. The molecule has 1 fully saturated rings. The van der Waals surface area contributed by atoms with Crippen LogP contribution < -0.4 is 0 Å². The molecule has 8 heteroatoms. The normalized spacial score (nSPS) is 28.2. The van der Waals surface area contributed by atoms with Gasteiger partial charge in [-0.05, 0) is 20.8 Å². The van der Waals surface area contributed by atoms with Crippen molar-refractivity contribution in [3.8, 4) is 0 Å². The molecule has 0 unspecified atom stereocenters. The standard InChI is InChI=1S/C11H14Cl3FO4/c1-4-18-8(16)5-6(10(2,3)15)7(11(12,13)14)19-9(5)17/h5-7H,4H2,1-3H3/t5-,6+,7+/m0/s1. The van der Waals surface area contributed by atoms with Gasteiger partial charge >= 0.3 is 11.9 Å². The van der Waals surface area contributed by atoms with Gasteiger partial charge in [-0.15, -0.1) is 0 Å². The number of cyclic esters (lactones) is 1. The largest absolute Gasteiger partial charge is 0.465 e. The van der Waals surface area contributed by atoms with E-state index in [1.807, 2.05) is 0 Å². The molecule has 19 heavy (non-hydrogen) atoms. The number of alkyl halides is 4. The fourth-order valence-corrected chi connectivity index (χ4v) is 2.64. The maximum absolute atomic E-state index is 14.3. The van der Waals surface area contributed by atoms with Crippen molar-refractivity contribution in [2.24, 2.45) is 11.8 Å². The zero-order valence-electron chi connectivity index (χ0n) is 10.6. The number of hydrogen-bond acceptors (Lipinski definition) is 4. The Morgan fingerprint density at radius 2 is 1.95 bits per heavy atom. The van der Waals surface area contributed by atoms with Crippen molar-refractivity contribution in [3.05, 3.63) is 0 Å². The third kappa shape index (κ3) is 3.64. The summed E-state index contributed by atoms with van der Waals surface area (Å²) in [5.41, 5.74) is -1.96. The zero-order chi connectivity index (χ0) is 15.0. The van der Waals surface area contributed by atoms with Crippen LogP contribution in [0.3, 0.4) is 0 Å². The second-order valence-electron chi connectivity index (χ2n) is 4.72. The minimum atomic E-state index is -2.02. The van der Waals surface area contributed by atoms with E-state index in [4.69, 9.17) is 44.3 Å². The molecule has 0 aliphatic carbocycles. The summed E-state index contributed by atoms with van der Waals surface area (Å²) in [6, 6.07) is 0. The molecule has 0 bridgehead atoms. The molecule has 0 spiro atoms. The maximum atomic E-state index is 14.3. The lowest BCUT2D eigenvalue weighted by atomic mass is 9.79.